The Morgan fingerprint density at radius 2 is 1.67 bits per heavy atom. The number of amides is 2. The molecule has 0 bridgehead atoms. The highest BCUT2D eigenvalue weighted by atomic mass is 79.9. The Morgan fingerprint density at radius 1 is 1.07 bits per heavy atom. The van der Waals surface area contributed by atoms with Gasteiger partial charge in [0.2, 0.25) is 0 Å². The van der Waals surface area contributed by atoms with E-state index in [0.29, 0.717) is 4.47 Å². The van der Waals surface area contributed by atoms with Gasteiger partial charge in [-0.2, -0.15) is 0 Å². The monoisotopic (exact) mass is 454 g/mol. The molecule has 0 atom stereocenters. The Morgan fingerprint density at radius 3 is 2.22 bits per heavy atom. The Bertz CT molecular complexity index is 989. The van der Waals surface area contributed by atoms with Crippen molar-refractivity contribution in [1.29, 1.82) is 0 Å². The van der Waals surface area contributed by atoms with Crippen molar-refractivity contribution in [3.05, 3.63) is 64.1 Å². The van der Waals surface area contributed by atoms with Crippen molar-refractivity contribution in [3.63, 3.8) is 0 Å². The second-order valence-electron chi connectivity index (χ2n) is 5.35. The van der Waals surface area contributed by atoms with Gasteiger partial charge in [-0.15, -0.1) is 0 Å². The van der Waals surface area contributed by atoms with Crippen LogP contribution in [0.2, 0.25) is 0 Å². The lowest BCUT2D eigenvalue weighted by atomic mass is 10.1. The molecule has 0 aliphatic heterocycles. The van der Waals surface area contributed by atoms with Crippen LogP contribution in [-0.4, -0.2) is 44.1 Å². The minimum atomic E-state index is -3.98. The molecule has 0 heterocycles. The van der Waals surface area contributed by atoms with Gasteiger partial charge in [-0.3, -0.25) is 9.59 Å². The van der Waals surface area contributed by atoms with E-state index in [1.165, 1.54) is 49.6 Å². The lowest BCUT2D eigenvalue weighted by molar-refractivity contribution is -0.126. The molecule has 2 N–H and O–H groups in total. The second kappa shape index (κ2) is 8.42. The number of hydrogen-bond donors (Lipinski definition) is 1. The molecule has 8 nitrogen and oxygen atoms in total. The van der Waals surface area contributed by atoms with E-state index in [2.05, 4.69) is 20.7 Å². The first kappa shape index (κ1) is 20.7. The molecule has 0 aliphatic rings. The molecule has 0 saturated heterocycles. The number of rotatable bonds is 5. The van der Waals surface area contributed by atoms with Gasteiger partial charge in [0, 0.05) is 10.0 Å². The van der Waals surface area contributed by atoms with Gasteiger partial charge >= 0.3 is 5.97 Å². The van der Waals surface area contributed by atoms with E-state index in [4.69, 9.17) is 5.84 Å². The molecule has 2 aromatic carbocycles. The highest BCUT2D eigenvalue weighted by Crippen LogP contribution is 2.18. The highest BCUT2D eigenvalue weighted by molar-refractivity contribution is 9.10. The van der Waals surface area contributed by atoms with Gasteiger partial charge in [0.15, 0.2) is 9.84 Å². The van der Waals surface area contributed by atoms with Crippen molar-refractivity contribution >= 4 is 43.6 Å². The summed E-state index contributed by atoms with van der Waals surface area (Å²) in [5.41, 5.74) is 0.222. The fourth-order valence-corrected chi connectivity index (χ4v) is 3.87. The molecule has 0 fully saturated rings. The number of esters is 1. The van der Waals surface area contributed by atoms with Crippen LogP contribution in [0.4, 0.5) is 0 Å². The van der Waals surface area contributed by atoms with Gasteiger partial charge in [-0.05, 0) is 42.5 Å². The smallest absolute Gasteiger partial charge is 0.337 e. The molecule has 0 spiro atoms. The standard InChI is InChI=1S/C17H15BrN2O6S/c1-26-17(23)12-7-5-11(6-8-12)16(22)20(19)15(21)10-27(24,25)14-4-2-3-13(18)9-14/h2-9H,10,19H2,1H3. The number of hydrazine groups is 1. The minimum absolute atomic E-state index is 0.0124. The van der Waals surface area contributed by atoms with Crippen molar-refractivity contribution in [1.82, 2.24) is 5.01 Å². The van der Waals surface area contributed by atoms with E-state index in [9.17, 15) is 22.8 Å². The molecule has 0 aromatic heterocycles. The summed E-state index contributed by atoms with van der Waals surface area (Å²) in [4.78, 5) is 35.8. The first-order valence-electron chi connectivity index (χ1n) is 7.44. The first-order chi connectivity index (χ1) is 12.7. The Labute approximate surface area is 163 Å². The fourth-order valence-electron chi connectivity index (χ4n) is 2.09. The topological polar surface area (TPSA) is 124 Å². The van der Waals surface area contributed by atoms with Crippen LogP contribution in [0.25, 0.3) is 0 Å². The number of hydrogen-bond acceptors (Lipinski definition) is 7. The zero-order valence-corrected chi connectivity index (χ0v) is 16.5. The average molecular weight is 455 g/mol. The van der Waals surface area contributed by atoms with Crippen LogP contribution < -0.4 is 5.84 Å². The minimum Gasteiger partial charge on any atom is -0.465 e. The second-order valence-corrected chi connectivity index (χ2v) is 8.26. The van der Waals surface area contributed by atoms with Crippen LogP contribution in [-0.2, 0) is 19.4 Å². The SMILES string of the molecule is COC(=O)c1ccc(C(=O)N(N)C(=O)CS(=O)(=O)c2cccc(Br)c2)cc1. The summed E-state index contributed by atoms with van der Waals surface area (Å²) in [5.74, 6) is 1.96. The van der Waals surface area contributed by atoms with Crippen molar-refractivity contribution in [2.24, 2.45) is 5.84 Å². The van der Waals surface area contributed by atoms with Gasteiger partial charge in [-0.25, -0.2) is 24.1 Å². The molecular weight excluding hydrogens is 440 g/mol. The van der Waals surface area contributed by atoms with Crippen LogP contribution in [0.5, 0.6) is 0 Å². The molecule has 0 saturated carbocycles. The summed E-state index contributed by atoms with van der Waals surface area (Å²) in [7, 11) is -2.76. The number of nitrogens with zero attached hydrogens (tertiary/aromatic N) is 1. The molecule has 0 unspecified atom stereocenters. The highest BCUT2D eigenvalue weighted by Gasteiger charge is 2.26. The normalized spacial score (nSPS) is 10.9. The van der Waals surface area contributed by atoms with Gasteiger partial charge in [0.25, 0.3) is 11.8 Å². The third kappa shape index (κ3) is 5.00. The van der Waals surface area contributed by atoms with E-state index in [1.807, 2.05) is 0 Å². The maximum absolute atomic E-state index is 12.3. The van der Waals surface area contributed by atoms with Crippen LogP contribution in [0.1, 0.15) is 20.7 Å². The molecule has 10 heteroatoms. The number of imide groups is 1. The fraction of sp³-hybridized carbons (Fsp3) is 0.118. The summed E-state index contributed by atoms with van der Waals surface area (Å²) in [6.45, 7) is 0. The van der Waals surface area contributed by atoms with Gasteiger partial charge < -0.3 is 4.74 Å². The van der Waals surface area contributed by atoms with Crippen molar-refractivity contribution in [2.45, 2.75) is 4.90 Å². The van der Waals surface area contributed by atoms with E-state index in [-0.39, 0.29) is 21.0 Å². The molecule has 0 aliphatic carbocycles. The quantitative estimate of drug-likeness (QED) is 0.314. The van der Waals surface area contributed by atoms with E-state index >= 15 is 0 Å². The van der Waals surface area contributed by atoms with Crippen LogP contribution >= 0.6 is 15.9 Å². The molecule has 2 aromatic rings. The van der Waals surface area contributed by atoms with Crippen LogP contribution in [0.15, 0.2) is 57.9 Å². The predicted octanol–water partition coefficient (Wildman–Crippen LogP) is 1.55. The largest absolute Gasteiger partial charge is 0.465 e. The number of benzene rings is 2. The number of halogens is 1. The molecule has 27 heavy (non-hydrogen) atoms. The van der Waals surface area contributed by atoms with E-state index < -0.39 is 33.4 Å². The first-order valence-corrected chi connectivity index (χ1v) is 9.89. The Balaban J connectivity index is 2.14. The Kier molecular flexibility index (Phi) is 6.47. The van der Waals surface area contributed by atoms with Gasteiger partial charge in [0.05, 0.1) is 17.6 Å². The van der Waals surface area contributed by atoms with Crippen molar-refractivity contribution in [3.8, 4) is 0 Å². The third-order valence-corrected chi connectivity index (χ3v) is 5.60. The molecule has 2 rings (SSSR count). The number of methoxy groups -OCH3 is 1. The van der Waals surface area contributed by atoms with Crippen molar-refractivity contribution < 1.29 is 27.5 Å². The lowest BCUT2D eigenvalue weighted by Gasteiger charge is -2.15. The third-order valence-electron chi connectivity index (χ3n) is 3.51. The molecule has 2 amide bonds. The van der Waals surface area contributed by atoms with Gasteiger partial charge in [-0.1, -0.05) is 22.0 Å². The number of nitrogens with two attached hydrogens (primary N) is 1. The number of ether oxygens (including phenoxy) is 1. The number of carbonyl (C=O) groups is 3. The molecule has 0 radical (unpaired) electrons. The maximum Gasteiger partial charge on any atom is 0.337 e. The Hall–Kier alpha value is -2.56. The zero-order chi connectivity index (χ0) is 20.2. The number of carbonyl (C=O) groups excluding carboxylic acids is 3. The maximum atomic E-state index is 12.3. The van der Waals surface area contributed by atoms with Gasteiger partial charge in [0.1, 0.15) is 5.75 Å². The van der Waals surface area contributed by atoms with Crippen LogP contribution in [0.3, 0.4) is 0 Å². The van der Waals surface area contributed by atoms with E-state index in [0.717, 1.165) is 0 Å². The molecular formula is C17H15BrN2O6S. The zero-order valence-electron chi connectivity index (χ0n) is 14.1. The van der Waals surface area contributed by atoms with E-state index in [1.54, 1.807) is 6.07 Å². The average Bonchev–Trinajstić information content (AvgIpc) is 2.66. The predicted molar refractivity (Wildman–Crippen MR) is 99.3 cm³/mol. The summed E-state index contributed by atoms with van der Waals surface area (Å²) < 4.78 is 29.7. The summed E-state index contributed by atoms with van der Waals surface area (Å²) >= 11 is 3.15. The summed E-state index contributed by atoms with van der Waals surface area (Å²) in [6.07, 6.45) is 0. The summed E-state index contributed by atoms with van der Waals surface area (Å²) in [5, 5.41) is 0.239. The van der Waals surface area contributed by atoms with Crippen molar-refractivity contribution in [2.75, 3.05) is 12.9 Å². The van der Waals surface area contributed by atoms with Crippen LogP contribution in [0, 0.1) is 0 Å². The molecule has 142 valence electrons. The number of sulfone groups is 1. The lowest BCUT2D eigenvalue weighted by Crippen LogP contribution is -2.45. The summed E-state index contributed by atoms with van der Waals surface area (Å²) in [6, 6.07) is 11.0.